The molecule has 0 amide bonds. The van der Waals surface area contributed by atoms with Crippen molar-refractivity contribution in [2.75, 3.05) is 13.7 Å². The van der Waals surface area contributed by atoms with Crippen LogP contribution >= 0.6 is 23.2 Å². The fourth-order valence-electron chi connectivity index (χ4n) is 2.45. The number of methoxy groups -OCH3 is 1. The summed E-state index contributed by atoms with van der Waals surface area (Å²) >= 11 is 12.4. The van der Waals surface area contributed by atoms with E-state index < -0.39 is 5.97 Å². The minimum absolute atomic E-state index is 0.142. The summed E-state index contributed by atoms with van der Waals surface area (Å²) in [5.74, 6) is 0.516. The van der Waals surface area contributed by atoms with Crippen LogP contribution in [0.5, 0.6) is 11.5 Å². The zero-order valence-corrected chi connectivity index (χ0v) is 15.6. The predicted octanol–water partition coefficient (Wildman–Crippen LogP) is 4.75. The number of ether oxygens (including phenoxy) is 3. The fourth-order valence-corrected chi connectivity index (χ4v) is 2.96. The molecule has 0 saturated heterocycles. The maximum absolute atomic E-state index is 12.2. The average Bonchev–Trinajstić information content (AvgIpc) is 2.96. The largest absolute Gasteiger partial charge is 0.491 e. The first-order valence-electron chi connectivity index (χ1n) is 7.81. The molecule has 0 bridgehead atoms. The first-order valence-corrected chi connectivity index (χ1v) is 8.57. The van der Waals surface area contributed by atoms with Crippen LogP contribution in [0.15, 0.2) is 47.1 Å². The van der Waals surface area contributed by atoms with Gasteiger partial charge >= 0.3 is 5.97 Å². The summed E-state index contributed by atoms with van der Waals surface area (Å²) in [6.45, 7) is 2.30. The molecule has 134 valence electrons. The molecule has 2 aromatic carbocycles. The Morgan fingerprint density at radius 1 is 1.19 bits per heavy atom. The number of esters is 1. The molecule has 5 nitrogen and oxygen atoms in total. The fraction of sp³-hybridized carbons (Fsp3) is 0.158. The van der Waals surface area contributed by atoms with Crippen molar-refractivity contribution in [3.8, 4) is 11.5 Å². The highest BCUT2D eigenvalue weighted by Crippen LogP contribution is 2.37. The molecule has 0 aromatic heterocycles. The number of rotatable bonds is 5. The van der Waals surface area contributed by atoms with Gasteiger partial charge in [0.25, 0.3) is 0 Å². The van der Waals surface area contributed by atoms with Crippen LogP contribution in [0.3, 0.4) is 0 Å². The molecular weight excluding hydrogens is 377 g/mol. The van der Waals surface area contributed by atoms with Gasteiger partial charge in [0.15, 0.2) is 17.2 Å². The number of halogens is 2. The molecule has 1 aliphatic rings. The van der Waals surface area contributed by atoms with Crippen LogP contribution in [-0.4, -0.2) is 25.6 Å². The zero-order chi connectivity index (χ0) is 18.7. The summed E-state index contributed by atoms with van der Waals surface area (Å²) in [4.78, 5) is 16.4. The number of nitrogens with zero attached hydrogens (tertiary/aromatic N) is 1. The second-order valence-corrected chi connectivity index (χ2v) is 6.10. The van der Waals surface area contributed by atoms with E-state index in [0.717, 1.165) is 0 Å². The van der Waals surface area contributed by atoms with Crippen LogP contribution in [-0.2, 0) is 9.53 Å². The van der Waals surface area contributed by atoms with Crippen molar-refractivity contribution in [2.45, 2.75) is 6.92 Å². The summed E-state index contributed by atoms with van der Waals surface area (Å²) in [6, 6.07) is 10.4. The minimum atomic E-state index is -0.565. The molecule has 3 rings (SSSR count). The molecule has 0 unspecified atom stereocenters. The van der Waals surface area contributed by atoms with Crippen molar-refractivity contribution in [1.29, 1.82) is 0 Å². The zero-order valence-electron chi connectivity index (χ0n) is 14.1. The third kappa shape index (κ3) is 3.69. The summed E-state index contributed by atoms with van der Waals surface area (Å²) in [5, 5.41) is 0.818. The SMILES string of the molecule is CCOc1cc(/C=C2\N=C(c3ccccc3Cl)OC2=O)cc(Cl)c1OC. The molecule has 0 fully saturated rings. The number of hydrogen-bond acceptors (Lipinski definition) is 5. The Bertz CT molecular complexity index is 922. The third-order valence-corrected chi connectivity index (χ3v) is 4.17. The van der Waals surface area contributed by atoms with E-state index in [9.17, 15) is 4.79 Å². The van der Waals surface area contributed by atoms with Crippen LogP contribution < -0.4 is 9.47 Å². The molecule has 0 atom stereocenters. The minimum Gasteiger partial charge on any atom is -0.491 e. The first kappa shape index (κ1) is 18.3. The first-order chi connectivity index (χ1) is 12.5. The van der Waals surface area contributed by atoms with Crippen molar-refractivity contribution in [3.63, 3.8) is 0 Å². The molecule has 2 aromatic rings. The van der Waals surface area contributed by atoms with Gasteiger partial charge in [-0.3, -0.25) is 0 Å². The number of carbonyl (C=O) groups is 1. The van der Waals surface area contributed by atoms with Crippen molar-refractivity contribution in [3.05, 3.63) is 63.3 Å². The highest BCUT2D eigenvalue weighted by molar-refractivity contribution is 6.34. The Labute approximate surface area is 160 Å². The topological polar surface area (TPSA) is 57.1 Å². The lowest BCUT2D eigenvalue weighted by atomic mass is 10.1. The molecule has 7 heteroatoms. The Morgan fingerprint density at radius 3 is 2.65 bits per heavy atom. The van der Waals surface area contributed by atoms with Crippen LogP contribution in [0.4, 0.5) is 0 Å². The van der Waals surface area contributed by atoms with E-state index in [2.05, 4.69) is 4.99 Å². The molecular formula is C19H15Cl2NO4. The molecule has 0 saturated carbocycles. The number of cyclic esters (lactones) is 1. The second kappa shape index (κ2) is 7.81. The maximum Gasteiger partial charge on any atom is 0.363 e. The van der Waals surface area contributed by atoms with Gasteiger partial charge in [-0.2, -0.15) is 0 Å². The molecule has 1 aliphatic heterocycles. The lowest BCUT2D eigenvalue weighted by Gasteiger charge is -2.11. The van der Waals surface area contributed by atoms with Gasteiger partial charge in [0, 0.05) is 0 Å². The summed E-state index contributed by atoms with van der Waals surface area (Å²) in [5.41, 5.74) is 1.33. The van der Waals surface area contributed by atoms with Crippen molar-refractivity contribution in [2.24, 2.45) is 4.99 Å². The van der Waals surface area contributed by atoms with E-state index in [1.807, 2.05) is 6.92 Å². The molecule has 0 aliphatic carbocycles. The lowest BCUT2D eigenvalue weighted by molar-refractivity contribution is -0.129. The number of benzene rings is 2. The van der Waals surface area contributed by atoms with E-state index in [0.29, 0.717) is 39.3 Å². The van der Waals surface area contributed by atoms with E-state index >= 15 is 0 Å². The van der Waals surface area contributed by atoms with Crippen LogP contribution in [0, 0.1) is 0 Å². The standard InChI is InChI=1S/C19H15Cl2NO4/c1-3-25-16-10-11(8-14(21)17(16)24-2)9-15-19(23)26-18(22-15)12-6-4-5-7-13(12)20/h4-10H,3H2,1-2H3/b15-9-. The molecule has 1 heterocycles. The molecule has 0 spiro atoms. The Hall–Kier alpha value is -2.50. The number of carbonyl (C=O) groups excluding carboxylic acids is 1. The predicted molar refractivity (Wildman–Crippen MR) is 101 cm³/mol. The molecule has 26 heavy (non-hydrogen) atoms. The van der Waals surface area contributed by atoms with Gasteiger partial charge in [-0.1, -0.05) is 35.3 Å². The van der Waals surface area contributed by atoms with Gasteiger partial charge in [0.2, 0.25) is 5.90 Å². The Kier molecular flexibility index (Phi) is 5.49. The monoisotopic (exact) mass is 391 g/mol. The summed E-state index contributed by atoms with van der Waals surface area (Å²) in [6.07, 6.45) is 1.57. The van der Waals surface area contributed by atoms with Crippen LogP contribution in [0.25, 0.3) is 6.08 Å². The normalized spacial score (nSPS) is 15.0. The van der Waals surface area contributed by atoms with Gasteiger partial charge in [-0.25, -0.2) is 9.79 Å². The van der Waals surface area contributed by atoms with E-state index in [4.69, 9.17) is 37.4 Å². The third-order valence-electron chi connectivity index (χ3n) is 3.56. The Morgan fingerprint density at radius 2 is 1.96 bits per heavy atom. The smallest absolute Gasteiger partial charge is 0.363 e. The summed E-state index contributed by atoms with van der Waals surface area (Å²) in [7, 11) is 1.51. The number of aliphatic imine (C=N–C) groups is 1. The van der Waals surface area contributed by atoms with Crippen LogP contribution in [0.1, 0.15) is 18.1 Å². The van der Waals surface area contributed by atoms with Crippen molar-refractivity contribution >= 4 is 41.1 Å². The quantitative estimate of drug-likeness (QED) is 0.545. The highest BCUT2D eigenvalue weighted by atomic mass is 35.5. The van der Waals surface area contributed by atoms with E-state index in [-0.39, 0.29) is 11.6 Å². The van der Waals surface area contributed by atoms with Crippen LogP contribution in [0.2, 0.25) is 10.0 Å². The molecule has 0 N–H and O–H groups in total. The average molecular weight is 392 g/mol. The van der Waals surface area contributed by atoms with Gasteiger partial charge in [0.05, 0.1) is 29.3 Å². The highest BCUT2D eigenvalue weighted by Gasteiger charge is 2.25. The second-order valence-electron chi connectivity index (χ2n) is 5.28. The Balaban J connectivity index is 1.99. The summed E-state index contributed by atoms with van der Waals surface area (Å²) < 4.78 is 16.0. The lowest BCUT2D eigenvalue weighted by Crippen LogP contribution is -2.05. The maximum atomic E-state index is 12.2. The van der Waals surface area contributed by atoms with Gasteiger partial charge < -0.3 is 14.2 Å². The van der Waals surface area contributed by atoms with Gasteiger partial charge in [-0.05, 0) is 42.8 Å². The molecule has 0 radical (unpaired) electrons. The van der Waals surface area contributed by atoms with E-state index in [1.54, 1.807) is 42.5 Å². The van der Waals surface area contributed by atoms with E-state index in [1.165, 1.54) is 7.11 Å². The van der Waals surface area contributed by atoms with Gasteiger partial charge in [0.1, 0.15) is 0 Å². The van der Waals surface area contributed by atoms with Crippen molar-refractivity contribution in [1.82, 2.24) is 0 Å². The van der Waals surface area contributed by atoms with Crippen molar-refractivity contribution < 1.29 is 19.0 Å². The van der Waals surface area contributed by atoms with Gasteiger partial charge in [-0.15, -0.1) is 0 Å². The number of hydrogen-bond donors (Lipinski definition) is 0.